The topological polar surface area (TPSA) is 66.1 Å². The second kappa shape index (κ2) is 8.87. The summed E-state index contributed by atoms with van der Waals surface area (Å²) in [6.45, 7) is 2.39. The fourth-order valence-corrected chi connectivity index (χ4v) is 3.24. The number of nitrogens with zero attached hydrogens (tertiary/aromatic N) is 2. The first kappa shape index (κ1) is 21.8. The van der Waals surface area contributed by atoms with Crippen LogP contribution in [-0.4, -0.2) is 27.3 Å². The van der Waals surface area contributed by atoms with Gasteiger partial charge in [-0.25, -0.2) is 4.98 Å². The van der Waals surface area contributed by atoms with Gasteiger partial charge < -0.3 is 9.88 Å². The molecule has 5 nitrogen and oxygen atoms in total. The second-order valence-electron chi connectivity index (χ2n) is 6.86. The zero-order chi connectivity index (χ0) is 21.9. The lowest BCUT2D eigenvalue weighted by molar-refractivity contribution is -0.137. The Bertz CT molecular complexity index is 1110. The molecule has 9 heteroatoms. The van der Waals surface area contributed by atoms with Crippen LogP contribution >= 0.6 is 11.6 Å². The minimum atomic E-state index is -4.42. The minimum absolute atomic E-state index is 0.0538. The summed E-state index contributed by atoms with van der Waals surface area (Å²) in [5.74, 6) is 0.0365. The van der Waals surface area contributed by atoms with Gasteiger partial charge in [-0.3, -0.25) is 9.59 Å². The highest BCUT2D eigenvalue weighted by atomic mass is 35.5. The summed E-state index contributed by atoms with van der Waals surface area (Å²) in [5, 5.41) is 0.830. The third-order valence-electron chi connectivity index (χ3n) is 4.54. The van der Waals surface area contributed by atoms with Crippen molar-refractivity contribution in [3.63, 3.8) is 0 Å². The maximum Gasteiger partial charge on any atom is 0.416 e. The molecule has 0 spiro atoms. The zero-order valence-electron chi connectivity index (χ0n) is 16.1. The molecule has 3 aromatic rings. The largest absolute Gasteiger partial charge is 0.416 e. The number of fused-ring (bicyclic) bond motifs is 1. The van der Waals surface area contributed by atoms with Crippen LogP contribution in [0.1, 0.15) is 30.3 Å². The Morgan fingerprint density at radius 1 is 1.17 bits per heavy atom. The van der Waals surface area contributed by atoms with Gasteiger partial charge in [0.1, 0.15) is 5.82 Å². The van der Waals surface area contributed by atoms with Crippen molar-refractivity contribution < 1.29 is 18.0 Å². The van der Waals surface area contributed by atoms with Crippen LogP contribution in [0.5, 0.6) is 0 Å². The first-order valence-corrected chi connectivity index (χ1v) is 9.67. The molecule has 0 atom stereocenters. The molecule has 0 fully saturated rings. The number of nitrogens with one attached hydrogen (secondary N) is 1. The molecule has 0 aliphatic heterocycles. The van der Waals surface area contributed by atoms with Crippen LogP contribution in [0.15, 0.2) is 47.3 Å². The zero-order valence-corrected chi connectivity index (χ0v) is 16.8. The number of rotatable bonds is 6. The van der Waals surface area contributed by atoms with Crippen LogP contribution in [0.3, 0.4) is 0 Å². The van der Waals surface area contributed by atoms with Crippen LogP contribution in [-0.2, 0) is 23.9 Å². The van der Waals surface area contributed by atoms with Crippen LogP contribution in [0.4, 0.5) is 13.2 Å². The molecule has 30 heavy (non-hydrogen) atoms. The Kier molecular flexibility index (Phi) is 6.45. The van der Waals surface area contributed by atoms with E-state index in [0.29, 0.717) is 40.3 Å². The monoisotopic (exact) mass is 437 g/mol. The van der Waals surface area contributed by atoms with Crippen molar-refractivity contribution in [3.05, 3.63) is 74.8 Å². The average Bonchev–Trinajstić information content (AvgIpc) is 2.67. The molecule has 0 unspecified atom stereocenters. The Morgan fingerprint density at radius 3 is 2.50 bits per heavy atom. The first-order valence-electron chi connectivity index (χ1n) is 9.29. The maximum absolute atomic E-state index is 12.8. The van der Waals surface area contributed by atoms with Crippen molar-refractivity contribution in [2.45, 2.75) is 32.5 Å². The highest BCUT2D eigenvalue weighted by molar-refractivity contribution is 6.31. The van der Waals surface area contributed by atoms with E-state index in [4.69, 9.17) is 11.6 Å². The SMILES string of the molecule is CCCN(Cc1nc2cc(Cl)ccc2c(=O)[nH]1)C(=O)Cc1ccc(C(F)(F)F)cc1. The Hall–Kier alpha value is -2.87. The van der Waals surface area contributed by atoms with Gasteiger partial charge in [0.05, 0.1) is 29.4 Å². The summed E-state index contributed by atoms with van der Waals surface area (Å²) in [4.78, 5) is 33.6. The van der Waals surface area contributed by atoms with Crippen molar-refractivity contribution in [1.82, 2.24) is 14.9 Å². The number of halogens is 4. The van der Waals surface area contributed by atoms with E-state index in [1.165, 1.54) is 17.0 Å². The normalized spacial score (nSPS) is 11.6. The molecular formula is C21H19ClF3N3O2. The molecular weight excluding hydrogens is 419 g/mol. The average molecular weight is 438 g/mol. The van der Waals surface area contributed by atoms with Gasteiger partial charge in [-0.05, 0) is 42.3 Å². The van der Waals surface area contributed by atoms with Gasteiger partial charge in [-0.1, -0.05) is 30.7 Å². The molecule has 2 aromatic carbocycles. The molecule has 1 amide bonds. The number of hydrogen-bond acceptors (Lipinski definition) is 3. The maximum atomic E-state index is 12.8. The van der Waals surface area contributed by atoms with Gasteiger partial charge in [-0.2, -0.15) is 13.2 Å². The van der Waals surface area contributed by atoms with Crippen LogP contribution in [0, 0.1) is 0 Å². The summed E-state index contributed by atoms with van der Waals surface area (Å²) >= 11 is 5.97. The van der Waals surface area contributed by atoms with E-state index in [2.05, 4.69) is 9.97 Å². The summed E-state index contributed by atoms with van der Waals surface area (Å²) in [5.41, 5.74) is -0.201. The number of carbonyl (C=O) groups is 1. The lowest BCUT2D eigenvalue weighted by Crippen LogP contribution is -2.34. The van der Waals surface area contributed by atoms with Crippen molar-refractivity contribution >= 4 is 28.4 Å². The van der Waals surface area contributed by atoms with Crippen molar-refractivity contribution in [2.24, 2.45) is 0 Å². The van der Waals surface area contributed by atoms with Gasteiger partial charge in [0.2, 0.25) is 5.91 Å². The number of amides is 1. The molecule has 1 N–H and O–H groups in total. The molecule has 158 valence electrons. The van der Waals surface area contributed by atoms with E-state index in [-0.39, 0.29) is 24.4 Å². The number of H-pyrrole nitrogens is 1. The number of hydrogen-bond donors (Lipinski definition) is 1. The fourth-order valence-electron chi connectivity index (χ4n) is 3.08. The minimum Gasteiger partial charge on any atom is -0.335 e. The Morgan fingerprint density at radius 2 is 1.87 bits per heavy atom. The number of benzene rings is 2. The van der Waals surface area contributed by atoms with E-state index >= 15 is 0 Å². The van der Waals surface area contributed by atoms with Gasteiger partial charge in [0.15, 0.2) is 0 Å². The van der Waals surface area contributed by atoms with E-state index in [0.717, 1.165) is 12.1 Å². The third kappa shape index (κ3) is 5.18. The van der Waals surface area contributed by atoms with Crippen LogP contribution in [0.25, 0.3) is 10.9 Å². The van der Waals surface area contributed by atoms with Crippen molar-refractivity contribution in [1.29, 1.82) is 0 Å². The summed E-state index contributed by atoms with van der Waals surface area (Å²) in [7, 11) is 0. The van der Waals surface area contributed by atoms with E-state index in [1.807, 2.05) is 6.92 Å². The highest BCUT2D eigenvalue weighted by Crippen LogP contribution is 2.29. The second-order valence-corrected chi connectivity index (χ2v) is 7.30. The number of carbonyl (C=O) groups excluding carboxylic acids is 1. The summed E-state index contributed by atoms with van der Waals surface area (Å²) in [6.07, 6.45) is -3.81. The molecule has 1 heterocycles. The third-order valence-corrected chi connectivity index (χ3v) is 4.78. The highest BCUT2D eigenvalue weighted by Gasteiger charge is 2.30. The number of alkyl halides is 3. The smallest absolute Gasteiger partial charge is 0.335 e. The van der Waals surface area contributed by atoms with Gasteiger partial charge in [0, 0.05) is 11.6 Å². The molecule has 0 aliphatic rings. The Labute approximate surface area is 175 Å². The van der Waals surface area contributed by atoms with Crippen molar-refractivity contribution in [3.8, 4) is 0 Å². The number of aromatic amines is 1. The number of aromatic nitrogens is 2. The molecule has 1 aromatic heterocycles. The first-order chi connectivity index (χ1) is 14.2. The molecule has 0 aliphatic carbocycles. The molecule has 0 saturated carbocycles. The van der Waals surface area contributed by atoms with Crippen LogP contribution < -0.4 is 5.56 Å². The molecule has 0 bridgehead atoms. The van der Waals surface area contributed by atoms with Gasteiger partial charge in [0.25, 0.3) is 5.56 Å². The Balaban J connectivity index is 1.79. The quantitative estimate of drug-likeness (QED) is 0.614. The van der Waals surface area contributed by atoms with E-state index in [9.17, 15) is 22.8 Å². The summed E-state index contributed by atoms with van der Waals surface area (Å²) in [6, 6.07) is 9.25. The van der Waals surface area contributed by atoms with E-state index in [1.54, 1.807) is 18.2 Å². The lowest BCUT2D eigenvalue weighted by Gasteiger charge is -2.22. The molecule has 0 saturated heterocycles. The fraction of sp³-hybridized carbons (Fsp3) is 0.286. The van der Waals surface area contributed by atoms with Crippen molar-refractivity contribution in [2.75, 3.05) is 6.54 Å². The molecule has 3 rings (SSSR count). The van der Waals surface area contributed by atoms with Crippen LogP contribution in [0.2, 0.25) is 5.02 Å². The van der Waals surface area contributed by atoms with Gasteiger partial charge >= 0.3 is 6.18 Å². The summed E-state index contributed by atoms with van der Waals surface area (Å²) < 4.78 is 38.1. The van der Waals surface area contributed by atoms with Gasteiger partial charge in [-0.15, -0.1) is 0 Å². The standard InChI is InChI=1S/C21H19ClF3N3O2/c1-2-9-28(19(29)10-13-3-5-14(6-4-13)21(23,24)25)12-18-26-17-11-15(22)7-8-16(17)20(30)27-18/h3-8,11H,2,9-10,12H2,1H3,(H,26,27,30). The molecule has 0 radical (unpaired) electrons. The predicted octanol–water partition coefficient (Wildman–Crippen LogP) is 4.58. The predicted molar refractivity (Wildman–Crippen MR) is 108 cm³/mol. The lowest BCUT2D eigenvalue weighted by atomic mass is 10.1. The van der Waals surface area contributed by atoms with E-state index < -0.39 is 11.7 Å².